The van der Waals surface area contributed by atoms with Crippen LogP contribution in [0.3, 0.4) is 0 Å². The number of ether oxygens (including phenoxy) is 1. The van der Waals surface area contributed by atoms with Gasteiger partial charge in [-0.3, -0.25) is 0 Å². The second-order valence-corrected chi connectivity index (χ2v) is 5.51. The van der Waals surface area contributed by atoms with E-state index in [0.29, 0.717) is 5.75 Å². The molecule has 0 aromatic heterocycles. The lowest BCUT2D eigenvalue weighted by Gasteiger charge is -2.30. The molecule has 0 radical (unpaired) electrons. The molecule has 0 fully saturated rings. The molecule has 0 bridgehead atoms. The van der Waals surface area contributed by atoms with Crippen molar-refractivity contribution in [3.63, 3.8) is 0 Å². The summed E-state index contributed by atoms with van der Waals surface area (Å²) in [6.07, 6.45) is 2.70. The van der Waals surface area contributed by atoms with Crippen LogP contribution in [0.25, 0.3) is 5.57 Å². The first kappa shape index (κ1) is 13.7. The van der Waals surface area contributed by atoms with E-state index in [9.17, 15) is 10.2 Å². The Labute approximate surface area is 124 Å². The third-order valence-electron chi connectivity index (χ3n) is 4.20. The van der Waals surface area contributed by atoms with Gasteiger partial charge in [0, 0.05) is 17.2 Å². The number of benzene rings is 1. The van der Waals surface area contributed by atoms with E-state index in [1.165, 1.54) is 0 Å². The van der Waals surface area contributed by atoms with Crippen LogP contribution in [0.5, 0.6) is 11.5 Å². The first-order chi connectivity index (χ1) is 10.0. The number of phenolic OH excluding ortho intramolecular Hbond substituents is 1. The van der Waals surface area contributed by atoms with E-state index in [4.69, 9.17) is 4.74 Å². The molecule has 2 N–H and O–H groups in total. The molecule has 3 heteroatoms. The van der Waals surface area contributed by atoms with E-state index < -0.39 is 6.29 Å². The number of aromatic hydroxyl groups is 1. The van der Waals surface area contributed by atoms with Crippen LogP contribution in [0.1, 0.15) is 30.9 Å². The number of hydrogen-bond acceptors (Lipinski definition) is 3. The molecule has 0 spiro atoms. The van der Waals surface area contributed by atoms with Gasteiger partial charge in [0.05, 0.1) is 0 Å². The van der Waals surface area contributed by atoms with Crippen LogP contribution in [0.2, 0.25) is 0 Å². The first-order valence-electron chi connectivity index (χ1n) is 7.00. The molecule has 108 valence electrons. The fourth-order valence-electron chi connectivity index (χ4n) is 2.87. The van der Waals surface area contributed by atoms with E-state index in [-0.39, 0.29) is 5.75 Å². The maximum absolute atomic E-state index is 10.2. The van der Waals surface area contributed by atoms with Crippen LogP contribution >= 0.6 is 0 Å². The lowest BCUT2D eigenvalue weighted by atomic mass is 9.83. The van der Waals surface area contributed by atoms with Gasteiger partial charge < -0.3 is 14.9 Å². The smallest absolute Gasteiger partial charge is 0.224 e. The molecule has 2 aliphatic rings. The molecule has 21 heavy (non-hydrogen) atoms. The van der Waals surface area contributed by atoms with Crippen LogP contribution < -0.4 is 4.74 Å². The molecule has 1 aromatic carbocycles. The number of allylic oxidation sites excluding steroid dienone is 3. The Morgan fingerprint density at radius 3 is 2.86 bits per heavy atom. The van der Waals surface area contributed by atoms with Gasteiger partial charge >= 0.3 is 0 Å². The topological polar surface area (TPSA) is 49.7 Å². The third kappa shape index (κ3) is 2.21. The summed E-state index contributed by atoms with van der Waals surface area (Å²) in [5, 5.41) is 20.0. The lowest BCUT2D eigenvalue weighted by Crippen LogP contribution is -2.25. The minimum Gasteiger partial charge on any atom is -0.508 e. The SMILES string of the molecule is C=C=C(C)C1=CC2=C(CC1)c1cc(C)c(O)cc1O[C@@H]2O. The van der Waals surface area contributed by atoms with Crippen molar-refractivity contribution < 1.29 is 14.9 Å². The summed E-state index contributed by atoms with van der Waals surface area (Å²) >= 11 is 0. The van der Waals surface area contributed by atoms with E-state index >= 15 is 0 Å². The summed E-state index contributed by atoms with van der Waals surface area (Å²) in [6, 6.07) is 3.49. The highest BCUT2D eigenvalue weighted by Gasteiger charge is 2.29. The quantitative estimate of drug-likeness (QED) is 0.773. The zero-order valence-electron chi connectivity index (χ0n) is 12.2. The third-order valence-corrected chi connectivity index (χ3v) is 4.20. The average molecular weight is 282 g/mol. The molecule has 0 unspecified atom stereocenters. The molecule has 3 rings (SSSR count). The molecule has 0 saturated carbocycles. The lowest BCUT2D eigenvalue weighted by molar-refractivity contribution is 0.0145. The number of fused-ring (bicyclic) bond motifs is 2. The normalized spacial score (nSPS) is 20.0. The molecule has 1 aromatic rings. The van der Waals surface area contributed by atoms with Crippen LogP contribution in [-0.2, 0) is 0 Å². The molecule has 3 nitrogen and oxygen atoms in total. The Hall–Kier alpha value is -2.22. The highest BCUT2D eigenvalue weighted by Crippen LogP contribution is 2.44. The summed E-state index contributed by atoms with van der Waals surface area (Å²) in [5.74, 6) is 0.722. The summed E-state index contributed by atoms with van der Waals surface area (Å²) in [5.41, 5.74) is 8.68. The number of aliphatic hydroxyl groups excluding tert-OH is 1. The van der Waals surface area contributed by atoms with Gasteiger partial charge in [-0.2, -0.15) is 0 Å². The zero-order valence-corrected chi connectivity index (χ0v) is 12.2. The standard InChI is InChI=1S/C18H18O3/c1-4-10(2)12-5-6-13-14-7-11(3)16(19)9-17(14)21-18(20)15(13)8-12/h7-9,18-20H,1,5-6H2,2-3H3/t18-/m0/s1. The monoisotopic (exact) mass is 282 g/mol. The number of phenols is 1. The second-order valence-electron chi connectivity index (χ2n) is 5.51. The molecular weight excluding hydrogens is 264 g/mol. The fourth-order valence-corrected chi connectivity index (χ4v) is 2.87. The van der Waals surface area contributed by atoms with Crippen molar-refractivity contribution in [2.24, 2.45) is 0 Å². The van der Waals surface area contributed by atoms with Crippen molar-refractivity contribution in [3.8, 4) is 11.5 Å². The molecule has 0 amide bonds. The minimum absolute atomic E-state index is 0.183. The van der Waals surface area contributed by atoms with Gasteiger partial charge in [-0.15, -0.1) is 5.73 Å². The van der Waals surface area contributed by atoms with Crippen LogP contribution in [0.15, 0.2) is 47.2 Å². The Bertz CT molecular complexity index is 731. The molecule has 0 saturated heterocycles. The van der Waals surface area contributed by atoms with E-state index in [1.807, 2.05) is 26.0 Å². The maximum Gasteiger partial charge on any atom is 0.224 e. The summed E-state index contributed by atoms with van der Waals surface area (Å²) in [7, 11) is 0. The highest BCUT2D eigenvalue weighted by molar-refractivity contribution is 5.80. The van der Waals surface area contributed by atoms with E-state index in [0.717, 1.165) is 46.3 Å². The summed E-state index contributed by atoms with van der Waals surface area (Å²) in [6.45, 7) is 7.50. The maximum atomic E-state index is 10.2. The Kier molecular flexibility index (Phi) is 3.25. The minimum atomic E-state index is -0.998. The van der Waals surface area contributed by atoms with Gasteiger partial charge in [0.1, 0.15) is 11.5 Å². The predicted octanol–water partition coefficient (Wildman–Crippen LogP) is 3.62. The van der Waals surface area contributed by atoms with Gasteiger partial charge in [0.15, 0.2) is 0 Å². The summed E-state index contributed by atoms with van der Waals surface area (Å²) < 4.78 is 5.55. The fraction of sp³-hybridized carbons (Fsp3) is 0.278. The van der Waals surface area contributed by atoms with Gasteiger partial charge in [-0.25, -0.2) is 0 Å². The molecular formula is C18H18O3. The Morgan fingerprint density at radius 1 is 1.38 bits per heavy atom. The highest BCUT2D eigenvalue weighted by atomic mass is 16.6. The Balaban J connectivity index is 2.17. The largest absolute Gasteiger partial charge is 0.508 e. The first-order valence-corrected chi connectivity index (χ1v) is 7.00. The van der Waals surface area contributed by atoms with Crippen LogP contribution in [0.4, 0.5) is 0 Å². The number of rotatable bonds is 1. The number of aryl methyl sites for hydroxylation is 1. The van der Waals surface area contributed by atoms with Crippen molar-refractivity contribution in [1.82, 2.24) is 0 Å². The molecule has 1 heterocycles. The molecule has 1 aliphatic heterocycles. The Morgan fingerprint density at radius 2 is 2.14 bits per heavy atom. The van der Waals surface area contributed by atoms with Crippen molar-refractivity contribution in [2.45, 2.75) is 33.0 Å². The van der Waals surface area contributed by atoms with E-state index in [2.05, 4.69) is 12.3 Å². The van der Waals surface area contributed by atoms with Gasteiger partial charge in [-0.05, 0) is 61.1 Å². The number of hydrogen-bond donors (Lipinski definition) is 2. The second kappa shape index (κ2) is 4.96. The number of aliphatic hydroxyl groups is 1. The van der Waals surface area contributed by atoms with Crippen molar-refractivity contribution in [1.29, 1.82) is 0 Å². The predicted molar refractivity (Wildman–Crippen MR) is 82.0 cm³/mol. The van der Waals surface area contributed by atoms with Crippen molar-refractivity contribution >= 4 is 5.57 Å². The van der Waals surface area contributed by atoms with Crippen LogP contribution in [-0.4, -0.2) is 16.5 Å². The molecule has 1 aliphatic carbocycles. The van der Waals surface area contributed by atoms with E-state index in [1.54, 1.807) is 6.07 Å². The zero-order chi connectivity index (χ0) is 15.1. The van der Waals surface area contributed by atoms with Crippen molar-refractivity contribution in [3.05, 3.63) is 58.4 Å². The average Bonchev–Trinajstić information content (AvgIpc) is 2.48. The van der Waals surface area contributed by atoms with Gasteiger partial charge in [0.2, 0.25) is 6.29 Å². The van der Waals surface area contributed by atoms with Gasteiger partial charge in [-0.1, -0.05) is 6.58 Å². The molecule has 1 atom stereocenters. The van der Waals surface area contributed by atoms with Crippen LogP contribution in [0, 0.1) is 6.92 Å². The van der Waals surface area contributed by atoms with Crippen molar-refractivity contribution in [2.75, 3.05) is 0 Å². The summed E-state index contributed by atoms with van der Waals surface area (Å²) in [4.78, 5) is 0. The van der Waals surface area contributed by atoms with Gasteiger partial charge in [0.25, 0.3) is 0 Å².